The van der Waals surface area contributed by atoms with Crippen LogP contribution in [-0.4, -0.2) is 19.5 Å². The quantitative estimate of drug-likeness (QED) is 0.696. The van der Waals surface area contributed by atoms with E-state index in [1.54, 1.807) is 0 Å². The van der Waals surface area contributed by atoms with Crippen molar-refractivity contribution in [2.75, 3.05) is 0 Å². The van der Waals surface area contributed by atoms with Gasteiger partial charge in [-0.15, -0.1) is 12.6 Å². The van der Waals surface area contributed by atoms with Crippen molar-refractivity contribution in [1.29, 1.82) is 0 Å². The van der Waals surface area contributed by atoms with Crippen LogP contribution < -0.4 is 5.14 Å². The molecule has 15 heavy (non-hydrogen) atoms. The molecule has 0 saturated heterocycles. The molecular formula is C7H6ClNO4S2. The van der Waals surface area contributed by atoms with E-state index in [4.69, 9.17) is 21.8 Å². The molecule has 0 radical (unpaired) electrons. The summed E-state index contributed by atoms with van der Waals surface area (Å²) in [5, 5.41) is 13.4. The maximum atomic E-state index is 11.0. The first-order valence-electron chi connectivity index (χ1n) is 3.52. The van der Waals surface area contributed by atoms with Gasteiger partial charge in [0.05, 0.1) is 10.6 Å². The maximum Gasteiger partial charge on any atom is 0.336 e. The largest absolute Gasteiger partial charge is 0.478 e. The Morgan fingerprint density at radius 3 is 2.40 bits per heavy atom. The zero-order valence-electron chi connectivity index (χ0n) is 7.14. The Kier molecular flexibility index (Phi) is 3.29. The smallest absolute Gasteiger partial charge is 0.336 e. The molecule has 0 unspecified atom stereocenters. The fraction of sp³-hybridized carbons (Fsp3) is 0. The number of hydrogen-bond donors (Lipinski definition) is 3. The molecule has 0 heterocycles. The van der Waals surface area contributed by atoms with E-state index in [1.807, 2.05) is 0 Å². The summed E-state index contributed by atoms with van der Waals surface area (Å²) >= 11 is 9.44. The van der Waals surface area contributed by atoms with Crippen LogP contribution in [0, 0.1) is 0 Å². The van der Waals surface area contributed by atoms with E-state index < -0.39 is 20.9 Å². The molecule has 3 N–H and O–H groups in total. The average Bonchev–Trinajstić information content (AvgIpc) is 2.00. The summed E-state index contributed by atoms with van der Waals surface area (Å²) in [7, 11) is -4.04. The van der Waals surface area contributed by atoms with Gasteiger partial charge in [0.1, 0.15) is 4.90 Å². The summed E-state index contributed by atoms with van der Waals surface area (Å²) in [5.74, 6) is -1.30. The molecule has 5 nitrogen and oxygen atoms in total. The molecule has 0 spiro atoms. The lowest BCUT2D eigenvalue weighted by Gasteiger charge is -2.05. The zero-order chi connectivity index (χ0) is 11.8. The predicted molar refractivity (Wildman–Crippen MR) is 57.0 cm³/mol. The molecule has 0 aromatic heterocycles. The molecular weight excluding hydrogens is 262 g/mol. The van der Waals surface area contributed by atoms with Crippen LogP contribution in [0.1, 0.15) is 10.4 Å². The minimum absolute atomic E-state index is 0.0694. The minimum atomic E-state index is -4.04. The SMILES string of the molecule is NS(=O)(=O)c1cc(C(=O)O)c(S)cc1Cl. The number of carbonyl (C=O) groups is 1. The molecule has 0 amide bonds. The highest BCUT2D eigenvalue weighted by molar-refractivity contribution is 7.89. The molecule has 1 aromatic rings. The Hall–Kier alpha value is -0.760. The van der Waals surface area contributed by atoms with Gasteiger partial charge in [0.2, 0.25) is 10.0 Å². The van der Waals surface area contributed by atoms with Gasteiger partial charge in [0.25, 0.3) is 0 Å². The number of benzene rings is 1. The first-order chi connectivity index (χ1) is 6.73. The third kappa shape index (κ3) is 2.63. The minimum Gasteiger partial charge on any atom is -0.478 e. The highest BCUT2D eigenvalue weighted by Crippen LogP contribution is 2.26. The van der Waals surface area contributed by atoms with Crippen molar-refractivity contribution < 1.29 is 18.3 Å². The van der Waals surface area contributed by atoms with Crippen LogP contribution in [0.15, 0.2) is 21.9 Å². The number of primary sulfonamides is 1. The molecule has 1 aromatic carbocycles. The van der Waals surface area contributed by atoms with Crippen molar-refractivity contribution in [2.45, 2.75) is 9.79 Å². The van der Waals surface area contributed by atoms with E-state index in [-0.39, 0.29) is 15.5 Å². The number of thiol groups is 1. The van der Waals surface area contributed by atoms with E-state index in [0.29, 0.717) is 0 Å². The van der Waals surface area contributed by atoms with Crippen molar-refractivity contribution >= 4 is 40.2 Å². The Morgan fingerprint density at radius 2 is 2.00 bits per heavy atom. The number of carboxylic acid groups (broad SMARTS) is 1. The second-order valence-corrected chi connectivity index (χ2v) is 5.07. The number of rotatable bonds is 2. The highest BCUT2D eigenvalue weighted by atomic mass is 35.5. The van der Waals surface area contributed by atoms with Crippen molar-refractivity contribution in [3.8, 4) is 0 Å². The maximum absolute atomic E-state index is 11.0. The van der Waals surface area contributed by atoms with Gasteiger partial charge in [-0.3, -0.25) is 0 Å². The average molecular weight is 268 g/mol. The Balaban J connectivity index is 3.58. The van der Waals surface area contributed by atoms with Crippen molar-refractivity contribution in [2.24, 2.45) is 5.14 Å². The molecule has 82 valence electrons. The summed E-state index contributed by atoms with van der Waals surface area (Å²) in [6.45, 7) is 0. The Labute approximate surface area is 96.3 Å². The number of sulfonamides is 1. The predicted octanol–water partition coefficient (Wildman–Crippen LogP) is 0.974. The highest BCUT2D eigenvalue weighted by Gasteiger charge is 2.18. The van der Waals surface area contributed by atoms with Crippen molar-refractivity contribution in [1.82, 2.24) is 0 Å². The van der Waals surface area contributed by atoms with Gasteiger partial charge < -0.3 is 5.11 Å². The molecule has 0 atom stereocenters. The van der Waals surface area contributed by atoms with Crippen molar-refractivity contribution in [3.05, 3.63) is 22.7 Å². The molecule has 0 saturated carbocycles. The monoisotopic (exact) mass is 267 g/mol. The lowest BCUT2D eigenvalue weighted by molar-refractivity contribution is 0.0693. The van der Waals surface area contributed by atoms with Crippen molar-refractivity contribution in [3.63, 3.8) is 0 Å². The topological polar surface area (TPSA) is 97.5 Å². The van der Waals surface area contributed by atoms with Gasteiger partial charge in [0.15, 0.2) is 0 Å². The zero-order valence-corrected chi connectivity index (χ0v) is 9.60. The first kappa shape index (κ1) is 12.3. The molecule has 0 aliphatic carbocycles. The third-order valence-electron chi connectivity index (χ3n) is 1.59. The number of nitrogens with two attached hydrogens (primary N) is 1. The molecule has 0 bridgehead atoms. The van der Waals surface area contributed by atoms with Crippen LogP contribution in [0.25, 0.3) is 0 Å². The van der Waals surface area contributed by atoms with E-state index in [2.05, 4.69) is 12.6 Å². The molecule has 0 fully saturated rings. The van der Waals surface area contributed by atoms with E-state index in [9.17, 15) is 13.2 Å². The fourth-order valence-electron chi connectivity index (χ4n) is 0.932. The van der Waals surface area contributed by atoms with Gasteiger partial charge >= 0.3 is 5.97 Å². The molecule has 1 rings (SSSR count). The molecule has 0 aliphatic rings. The van der Waals surface area contributed by atoms with Crippen LogP contribution in [0.2, 0.25) is 5.02 Å². The van der Waals surface area contributed by atoms with Crippen LogP contribution >= 0.6 is 24.2 Å². The molecule has 0 aliphatic heterocycles. The third-order valence-corrected chi connectivity index (χ3v) is 3.33. The Bertz CT molecular complexity index is 526. The van der Waals surface area contributed by atoms with E-state index in [0.717, 1.165) is 12.1 Å². The number of carboxylic acids is 1. The fourth-order valence-corrected chi connectivity index (χ4v) is 2.40. The second-order valence-electron chi connectivity index (χ2n) is 2.65. The number of hydrogen-bond acceptors (Lipinski definition) is 4. The standard InChI is InChI=1S/C7H6ClNO4S2/c8-4-2-5(14)3(7(10)11)1-6(4)15(9,12)13/h1-2,14H,(H,10,11)(H2,9,12,13). The van der Waals surface area contributed by atoms with E-state index >= 15 is 0 Å². The van der Waals surface area contributed by atoms with Crippen LogP contribution in [0.5, 0.6) is 0 Å². The normalized spacial score (nSPS) is 11.4. The van der Waals surface area contributed by atoms with Gasteiger partial charge in [-0.25, -0.2) is 18.4 Å². The molecule has 8 heteroatoms. The summed E-state index contributed by atoms with van der Waals surface area (Å²) in [4.78, 5) is 10.3. The van der Waals surface area contributed by atoms with Gasteiger partial charge in [0, 0.05) is 4.90 Å². The number of aromatic carboxylic acids is 1. The Morgan fingerprint density at radius 1 is 1.47 bits per heavy atom. The van der Waals surface area contributed by atoms with Gasteiger partial charge in [-0.2, -0.15) is 0 Å². The summed E-state index contributed by atoms with van der Waals surface area (Å²) < 4.78 is 22.0. The second kappa shape index (κ2) is 4.01. The van der Waals surface area contributed by atoms with Crippen LogP contribution in [0.4, 0.5) is 0 Å². The lowest BCUT2D eigenvalue weighted by Crippen LogP contribution is -2.14. The van der Waals surface area contributed by atoms with Crippen LogP contribution in [-0.2, 0) is 10.0 Å². The summed E-state index contributed by atoms with van der Waals surface area (Å²) in [5.41, 5.74) is -0.272. The summed E-state index contributed by atoms with van der Waals surface area (Å²) in [6.07, 6.45) is 0. The van der Waals surface area contributed by atoms with Gasteiger partial charge in [-0.05, 0) is 12.1 Å². The first-order valence-corrected chi connectivity index (χ1v) is 5.89. The van der Waals surface area contributed by atoms with Gasteiger partial charge in [-0.1, -0.05) is 11.6 Å². The van der Waals surface area contributed by atoms with E-state index in [1.165, 1.54) is 0 Å². The lowest BCUT2D eigenvalue weighted by atomic mass is 10.2. The number of halogens is 1. The summed E-state index contributed by atoms with van der Waals surface area (Å²) in [6, 6.07) is 2.00. The van der Waals surface area contributed by atoms with Crippen LogP contribution in [0.3, 0.4) is 0 Å².